The van der Waals surface area contributed by atoms with Crippen molar-refractivity contribution in [1.82, 2.24) is 20.2 Å². The molecule has 0 amide bonds. The predicted octanol–water partition coefficient (Wildman–Crippen LogP) is 0.726. The van der Waals surface area contributed by atoms with E-state index < -0.39 is 0 Å². The van der Waals surface area contributed by atoms with Crippen molar-refractivity contribution in [2.75, 3.05) is 38.6 Å². The summed E-state index contributed by atoms with van der Waals surface area (Å²) >= 11 is 0. The van der Waals surface area contributed by atoms with Crippen molar-refractivity contribution in [3.05, 3.63) is 18.1 Å². The third-order valence-corrected chi connectivity index (χ3v) is 3.60. The summed E-state index contributed by atoms with van der Waals surface area (Å²) in [5, 5.41) is 3.11. The van der Waals surface area contributed by atoms with Crippen molar-refractivity contribution in [3.63, 3.8) is 0 Å². The molecule has 1 aliphatic rings. The first-order valence-corrected chi connectivity index (χ1v) is 6.65. The minimum atomic E-state index is 0.619. The van der Waals surface area contributed by atoms with Gasteiger partial charge in [-0.3, -0.25) is 9.88 Å². The predicted molar refractivity (Wildman–Crippen MR) is 73.7 cm³/mol. The van der Waals surface area contributed by atoms with E-state index in [2.05, 4.69) is 39.1 Å². The standard InChI is InChI=1S/C13H23N5/c1-4-12-10-18(6-5-17(12)3)13-9-15-8-11(16-13)7-14-2/h8-9,12,14H,4-7,10H2,1-3H3. The zero-order valence-electron chi connectivity index (χ0n) is 11.6. The fourth-order valence-electron chi connectivity index (χ4n) is 2.41. The van der Waals surface area contributed by atoms with Crippen LogP contribution in [0.1, 0.15) is 19.0 Å². The molecule has 1 aromatic heterocycles. The van der Waals surface area contributed by atoms with Gasteiger partial charge in [-0.2, -0.15) is 0 Å². The lowest BCUT2D eigenvalue weighted by Gasteiger charge is -2.39. The van der Waals surface area contributed by atoms with Crippen LogP contribution in [0.5, 0.6) is 0 Å². The fraction of sp³-hybridized carbons (Fsp3) is 0.692. The zero-order valence-corrected chi connectivity index (χ0v) is 11.6. The molecular formula is C13H23N5. The first kappa shape index (κ1) is 13.2. The third kappa shape index (κ3) is 2.97. The molecule has 1 fully saturated rings. The van der Waals surface area contributed by atoms with E-state index in [0.29, 0.717) is 6.04 Å². The summed E-state index contributed by atoms with van der Waals surface area (Å²) in [6, 6.07) is 0.619. The van der Waals surface area contributed by atoms with Gasteiger partial charge in [0.05, 0.1) is 11.9 Å². The third-order valence-electron chi connectivity index (χ3n) is 3.60. The van der Waals surface area contributed by atoms with Crippen LogP contribution in [0.3, 0.4) is 0 Å². The normalized spacial score (nSPS) is 21.3. The summed E-state index contributed by atoms with van der Waals surface area (Å²) in [5.74, 6) is 1.01. The van der Waals surface area contributed by atoms with Crippen molar-refractivity contribution in [1.29, 1.82) is 0 Å². The molecule has 100 valence electrons. The highest BCUT2D eigenvalue weighted by molar-refractivity contribution is 5.37. The van der Waals surface area contributed by atoms with E-state index in [1.54, 1.807) is 0 Å². The summed E-state index contributed by atoms with van der Waals surface area (Å²) in [4.78, 5) is 13.7. The molecule has 0 aromatic carbocycles. The second-order valence-electron chi connectivity index (χ2n) is 4.89. The molecule has 18 heavy (non-hydrogen) atoms. The molecule has 1 aliphatic heterocycles. The number of nitrogens with one attached hydrogen (secondary N) is 1. The van der Waals surface area contributed by atoms with E-state index >= 15 is 0 Å². The van der Waals surface area contributed by atoms with E-state index in [4.69, 9.17) is 0 Å². The zero-order chi connectivity index (χ0) is 13.0. The van der Waals surface area contributed by atoms with Crippen LogP contribution in [0.2, 0.25) is 0 Å². The number of likely N-dealkylation sites (N-methyl/N-ethyl adjacent to an activating group) is 1. The van der Waals surface area contributed by atoms with Gasteiger partial charge in [0.25, 0.3) is 0 Å². The van der Waals surface area contributed by atoms with Gasteiger partial charge in [-0.05, 0) is 20.5 Å². The van der Waals surface area contributed by atoms with E-state index in [1.165, 1.54) is 6.42 Å². The average molecular weight is 249 g/mol. The summed E-state index contributed by atoms with van der Waals surface area (Å²) in [6.07, 6.45) is 4.88. The number of nitrogens with zero attached hydrogens (tertiary/aromatic N) is 4. The van der Waals surface area contributed by atoms with E-state index in [1.807, 2.05) is 19.4 Å². The largest absolute Gasteiger partial charge is 0.352 e. The Hall–Kier alpha value is -1.20. The van der Waals surface area contributed by atoms with Gasteiger partial charge in [-0.15, -0.1) is 0 Å². The van der Waals surface area contributed by atoms with Crippen molar-refractivity contribution in [2.24, 2.45) is 0 Å². The van der Waals surface area contributed by atoms with Crippen LogP contribution in [0.4, 0.5) is 5.82 Å². The van der Waals surface area contributed by atoms with Gasteiger partial charge in [-0.1, -0.05) is 6.92 Å². The fourth-order valence-corrected chi connectivity index (χ4v) is 2.41. The first-order chi connectivity index (χ1) is 8.74. The Morgan fingerprint density at radius 3 is 2.94 bits per heavy atom. The lowest BCUT2D eigenvalue weighted by atomic mass is 10.1. The molecule has 1 aromatic rings. The molecular weight excluding hydrogens is 226 g/mol. The summed E-state index contributed by atoms with van der Waals surface area (Å²) in [6.45, 7) is 6.19. The molecule has 0 radical (unpaired) electrons. The molecule has 0 spiro atoms. The van der Waals surface area contributed by atoms with Crippen LogP contribution >= 0.6 is 0 Å². The van der Waals surface area contributed by atoms with Crippen molar-refractivity contribution < 1.29 is 0 Å². The van der Waals surface area contributed by atoms with Crippen LogP contribution < -0.4 is 10.2 Å². The maximum absolute atomic E-state index is 4.66. The second kappa shape index (κ2) is 6.11. The minimum Gasteiger partial charge on any atom is -0.352 e. The molecule has 1 saturated heterocycles. The highest BCUT2D eigenvalue weighted by Gasteiger charge is 2.23. The molecule has 1 N–H and O–H groups in total. The SMILES string of the molecule is CCC1CN(c2cncc(CNC)n2)CCN1C. The number of hydrogen-bond acceptors (Lipinski definition) is 5. The Balaban J connectivity index is 2.09. The van der Waals surface area contributed by atoms with E-state index in [-0.39, 0.29) is 0 Å². The number of hydrogen-bond donors (Lipinski definition) is 1. The number of rotatable bonds is 4. The molecule has 5 nitrogen and oxygen atoms in total. The van der Waals surface area contributed by atoms with Gasteiger partial charge >= 0.3 is 0 Å². The molecule has 0 saturated carbocycles. The summed E-state index contributed by atoms with van der Waals surface area (Å²) in [7, 11) is 4.13. The number of anilines is 1. The molecule has 1 unspecified atom stereocenters. The topological polar surface area (TPSA) is 44.3 Å². The molecule has 0 bridgehead atoms. The molecule has 2 heterocycles. The Labute approximate surface area is 109 Å². The lowest BCUT2D eigenvalue weighted by Crippen LogP contribution is -2.51. The van der Waals surface area contributed by atoms with Gasteiger partial charge in [0.2, 0.25) is 0 Å². The number of aromatic nitrogens is 2. The van der Waals surface area contributed by atoms with Gasteiger partial charge in [0.1, 0.15) is 5.82 Å². The number of piperazine rings is 1. The monoisotopic (exact) mass is 249 g/mol. The molecule has 2 rings (SSSR count). The first-order valence-electron chi connectivity index (χ1n) is 6.65. The maximum Gasteiger partial charge on any atom is 0.147 e. The van der Waals surface area contributed by atoms with Crippen LogP contribution in [0.15, 0.2) is 12.4 Å². The van der Waals surface area contributed by atoms with Crippen LogP contribution in [-0.2, 0) is 6.54 Å². The second-order valence-corrected chi connectivity index (χ2v) is 4.89. The van der Waals surface area contributed by atoms with Crippen molar-refractivity contribution in [2.45, 2.75) is 25.9 Å². The highest BCUT2D eigenvalue weighted by atomic mass is 15.3. The lowest BCUT2D eigenvalue weighted by molar-refractivity contribution is 0.213. The van der Waals surface area contributed by atoms with Gasteiger partial charge in [-0.25, -0.2) is 4.98 Å². The summed E-state index contributed by atoms with van der Waals surface area (Å²) < 4.78 is 0. The smallest absolute Gasteiger partial charge is 0.147 e. The highest BCUT2D eigenvalue weighted by Crippen LogP contribution is 2.17. The van der Waals surface area contributed by atoms with Gasteiger partial charge in [0, 0.05) is 38.4 Å². The van der Waals surface area contributed by atoms with Crippen molar-refractivity contribution in [3.8, 4) is 0 Å². The van der Waals surface area contributed by atoms with Crippen LogP contribution in [0.25, 0.3) is 0 Å². The average Bonchev–Trinajstić information content (AvgIpc) is 2.40. The van der Waals surface area contributed by atoms with E-state index in [9.17, 15) is 0 Å². The Bertz CT molecular complexity index is 381. The maximum atomic E-state index is 4.66. The van der Waals surface area contributed by atoms with Crippen LogP contribution in [0, 0.1) is 0 Å². The minimum absolute atomic E-state index is 0.619. The Kier molecular flexibility index (Phi) is 4.49. The Morgan fingerprint density at radius 1 is 1.39 bits per heavy atom. The Morgan fingerprint density at radius 2 is 2.22 bits per heavy atom. The van der Waals surface area contributed by atoms with Crippen molar-refractivity contribution >= 4 is 5.82 Å². The molecule has 5 heteroatoms. The molecule has 0 aliphatic carbocycles. The van der Waals surface area contributed by atoms with Gasteiger partial charge in [0.15, 0.2) is 0 Å². The quantitative estimate of drug-likeness (QED) is 0.852. The van der Waals surface area contributed by atoms with E-state index in [0.717, 1.165) is 37.7 Å². The summed E-state index contributed by atoms with van der Waals surface area (Å²) in [5.41, 5.74) is 1.00. The van der Waals surface area contributed by atoms with Gasteiger partial charge < -0.3 is 10.2 Å². The van der Waals surface area contributed by atoms with Crippen LogP contribution in [-0.4, -0.2) is 54.6 Å². The molecule has 1 atom stereocenters.